The topological polar surface area (TPSA) is 49.6 Å². The lowest BCUT2D eigenvalue weighted by Gasteiger charge is -2.26. The number of hydrogen-bond acceptors (Lipinski definition) is 3. The van der Waals surface area contributed by atoms with Gasteiger partial charge in [-0.1, -0.05) is 35.9 Å². The van der Waals surface area contributed by atoms with Crippen molar-refractivity contribution in [1.82, 2.24) is 19.6 Å². The number of pyridine rings is 1. The van der Waals surface area contributed by atoms with E-state index >= 15 is 0 Å². The highest BCUT2D eigenvalue weighted by atomic mass is 35.5. The van der Waals surface area contributed by atoms with E-state index in [1.54, 1.807) is 0 Å². The van der Waals surface area contributed by atoms with E-state index in [2.05, 4.69) is 12.2 Å². The van der Waals surface area contributed by atoms with E-state index in [0.29, 0.717) is 12.2 Å². The van der Waals surface area contributed by atoms with Crippen LogP contribution in [0.4, 0.5) is 0 Å². The molecule has 0 aliphatic carbocycles. The SMILES string of the molecule is Cc1cccn2c(CNC(C)c3ccccc3Cl)c(C(=O)N3CCCCC3)nc12. The number of imidazole rings is 1. The summed E-state index contributed by atoms with van der Waals surface area (Å²) < 4.78 is 2.04. The van der Waals surface area contributed by atoms with Crippen LogP contribution in [0.3, 0.4) is 0 Å². The summed E-state index contributed by atoms with van der Waals surface area (Å²) in [5.41, 5.74) is 4.40. The second-order valence-electron chi connectivity index (χ2n) is 7.77. The number of hydrogen-bond donors (Lipinski definition) is 1. The van der Waals surface area contributed by atoms with Crippen molar-refractivity contribution < 1.29 is 4.79 Å². The predicted octanol–water partition coefficient (Wildman–Crippen LogP) is 4.77. The van der Waals surface area contributed by atoms with Gasteiger partial charge in [-0.05, 0) is 56.4 Å². The van der Waals surface area contributed by atoms with E-state index in [-0.39, 0.29) is 11.9 Å². The lowest BCUT2D eigenvalue weighted by atomic mass is 10.1. The number of benzene rings is 1. The van der Waals surface area contributed by atoms with Gasteiger partial charge in [-0.15, -0.1) is 0 Å². The average Bonchev–Trinajstić information content (AvgIpc) is 3.12. The Morgan fingerprint density at radius 2 is 1.93 bits per heavy atom. The van der Waals surface area contributed by atoms with Crippen molar-refractivity contribution in [3.63, 3.8) is 0 Å². The minimum absolute atomic E-state index is 0.0370. The number of nitrogens with one attached hydrogen (secondary N) is 1. The molecule has 29 heavy (non-hydrogen) atoms. The van der Waals surface area contributed by atoms with Gasteiger partial charge in [0.05, 0.1) is 5.69 Å². The van der Waals surface area contributed by atoms with E-state index in [1.807, 2.05) is 58.8 Å². The van der Waals surface area contributed by atoms with E-state index in [1.165, 1.54) is 6.42 Å². The maximum atomic E-state index is 13.3. The Morgan fingerprint density at radius 1 is 1.17 bits per heavy atom. The lowest BCUT2D eigenvalue weighted by Crippen LogP contribution is -2.36. The maximum absolute atomic E-state index is 13.3. The normalized spacial score (nSPS) is 15.6. The van der Waals surface area contributed by atoms with Crippen molar-refractivity contribution >= 4 is 23.2 Å². The van der Waals surface area contributed by atoms with Gasteiger partial charge in [0.1, 0.15) is 5.65 Å². The molecule has 1 atom stereocenters. The van der Waals surface area contributed by atoms with E-state index in [0.717, 1.165) is 53.4 Å². The van der Waals surface area contributed by atoms with Crippen molar-refractivity contribution in [3.8, 4) is 0 Å². The number of nitrogens with zero attached hydrogens (tertiary/aromatic N) is 3. The Morgan fingerprint density at radius 3 is 2.69 bits per heavy atom. The summed E-state index contributed by atoms with van der Waals surface area (Å²) in [5, 5.41) is 4.28. The largest absolute Gasteiger partial charge is 0.337 e. The second-order valence-corrected chi connectivity index (χ2v) is 8.18. The molecule has 5 nitrogen and oxygen atoms in total. The number of aromatic nitrogens is 2. The molecule has 1 fully saturated rings. The molecular weight excluding hydrogens is 384 g/mol. The monoisotopic (exact) mass is 410 g/mol. The number of fused-ring (bicyclic) bond motifs is 1. The summed E-state index contributed by atoms with van der Waals surface area (Å²) in [7, 11) is 0. The molecule has 0 radical (unpaired) electrons. The Balaban J connectivity index is 1.65. The van der Waals surface area contributed by atoms with Crippen molar-refractivity contribution in [1.29, 1.82) is 0 Å². The van der Waals surface area contributed by atoms with E-state index in [9.17, 15) is 4.79 Å². The molecule has 3 aromatic rings. The van der Waals surface area contributed by atoms with Crippen LogP contribution < -0.4 is 5.32 Å². The van der Waals surface area contributed by atoms with E-state index in [4.69, 9.17) is 16.6 Å². The molecule has 6 heteroatoms. The Kier molecular flexibility index (Phi) is 5.88. The Bertz CT molecular complexity index is 1020. The van der Waals surface area contributed by atoms with Crippen LogP contribution in [-0.4, -0.2) is 33.3 Å². The third-order valence-electron chi connectivity index (χ3n) is 5.74. The molecule has 1 aromatic carbocycles. The zero-order chi connectivity index (χ0) is 20.4. The first-order valence-corrected chi connectivity index (χ1v) is 10.7. The third kappa shape index (κ3) is 4.02. The average molecular weight is 411 g/mol. The van der Waals surface area contributed by atoms with Gasteiger partial charge in [-0.25, -0.2) is 4.98 Å². The van der Waals surface area contributed by atoms with Gasteiger partial charge in [0.15, 0.2) is 5.69 Å². The number of rotatable bonds is 5. The standard InChI is InChI=1S/C23H27ClN4O/c1-16-9-8-14-28-20(15-25-17(2)18-10-4-5-11-19(18)24)21(26-22(16)28)23(29)27-12-6-3-7-13-27/h4-5,8-11,14,17,25H,3,6-7,12-13,15H2,1-2H3. The van der Waals surface area contributed by atoms with Gasteiger partial charge in [0.25, 0.3) is 5.91 Å². The first-order chi connectivity index (χ1) is 14.1. The van der Waals surface area contributed by atoms with Crippen LogP contribution >= 0.6 is 11.6 Å². The molecule has 0 saturated carbocycles. The molecule has 1 amide bonds. The molecule has 0 spiro atoms. The summed E-state index contributed by atoms with van der Waals surface area (Å²) in [6.07, 6.45) is 5.31. The summed E-state index contributed by atoms with van der Waals surface area (Å²) in [6.45, 7) is 6.28. The van der Waals surface area contributed by atoms with Crippen LogP contribution in [0.15, 0.2) is 42.6 Å². The second kappa shape index (κ2) is 8.56. The zero-order valence-electron chi connectivity index (χ0n) is 17.0. The van der Waals surface area contributed by atoms with Crippen LogP contribution in [0.1, 0.15) is 59.5 Å². The summed E-state index contributed by atoms with van der Waals surface area (Å²) in [5.74, 6) is 0.0370. The fourth-order valence-electron chi connectivity index (χ4n) is 4.03. The molecule has 1 aliphatic heterocycles. The quantitative estimate of drug-likeness (QED) is 0.658. The van der Waals surface area contributed by atoms with Gasteiger partial charge in [-0.2, -0.15) is 0 Å². The molecule has 3 heterocycles. The van der Waals surface area contributed by atoms with Crippen LogP contribution in [0, 0.1) is 6.92 Å². The van der Waals surface area contributed by atoms with Crippen LogP contribution in [0.2, 0.25) is 5.02 Å². The number of aryl methyl sites for hydroxylation is 1. The highest BCUT2D eigenvalue weighted by Crippen LogP contribution is 2.24. The van der Waals surface area contributed by atoms with Crippen LogP contribution in [0.5, 0.6) is 0 Å². The number of likely N-dealkylation sites (tertiary alicyclic amines) is 1. The number of piperidine rings is 1. The molecule has 152 valence electrons. The Hall–Kier alpha value is -2.37. The number of halogens is 1. The lowest BCUT2D eigenvalue weighted by molar-refractivity contribution is 0.0717. The van der Waals surface area contributed by atoms with Gasteiger partial charge < -0.3 is 14.6 Å². The molecule has 1 aliphatic rings. The number of carbonyl (C=O) groups is 1. The predicted molar refractivity (Wildman–Crippen MR) is 116 cm³/mol. The third-order valence-corrected chi connectivity index (χ3v) is 6.08. The molecule has 4 rings (SSSR count). The van der Waals surface area contributed by atoms with Gasteiger partial charge in [-0.3, -0.25) is 4.79 Å². The van der Waals surface area contributed by atoms with Crippen LogP contribution in [0.25, 0.3) is 5.65 Å². The highest BCUT2D eigenvalue weighted by Gasteiger charge is 2.25. The van der Waals surface area contributed by atoms with Crippen LogP contribution in [-0.2, 0) is 6.54 Å². The van der Waals surface area contributed by atoms with Gasteiger partial charge >= 0.3 is 0 Å². The fraction of sp³-hybridized carbons (Fsp3) is 0.391. The first kappa shape index (κ1) is 19.9. The highest BCUT2D eigenvalue weighted by molar-refractivity contribution is 6.31. The van der Waals surface area contributed by atoms with Crippen molar-refractivity contribution in [3.05, 3.63) is 70.1 Å². The molecule has 1 N–H and O–H groups in total. The zero-order valence-corrected chi connectivity index (χ0v) is 17.7. The first-order valence-electron chi connectivity index (χ1n) is 10.3. The number of carbonyl (C=O) groups excluding carboxylic acids is 1. The van der Waals surface area contributed by atoms with E-state index < -0.39 is 0 Å². The fourth-order valence-corrected chi connectivity index (χ4v) is 4.33. The minimum Gasteiger partial charge on any atom is -0.337 e. The van der Waals surface area contributed by atoms with Gasteiger partial charge in [0.2, 0.25) is 0 Å². The summed E-state index contributed by atoms with van der Waals surface area (Å²) in [6, 6.07) is 11.9. The minimum atomic E-state index is 0.0370. The smallest absolute Gasteiger partial charge is 0.274 e. The van der Waals surface area contributed by atoms with Gasteiger partial charge in [0, 0.05) is 36.9 Å². The molecule has 1 saturated heterocycles. The number of amides is 1. The van der Waals surface area contributed by atoms with Crippen molar-refractivity contribution in [2.24, 2.45) is 0 Å². The van der Waals surface area contributed by atoms with Crippen molar-refractivity contribution in [2.45, 2.75) is 45.7 Å². The Labute approximate surface area is 176 Å². The summed E-state index contributed by atoms with van der Waals surface area (Å²) in [4.78, 5) is 20.0. The molecular formula is C23H27ClN4O. The molecule has 0 bridgehead atoms. The molecule has 2 aromatic heterocycles. The van der Waals surface area contributed by atoms with Crippen molar-refractivity contribution in [2.75, 3.05) is 13.1 Å². The maximum Gasteiger partial charge on any atom is 0.274 e. The molecule has 1 unspecified atom stereocenters. The summed E-state index contributed by atoms with van der Waals surface area (Å²) >= 11 is 6.36.